The SMILES string of the molecule is COc1cc(-c2cnc3sc(NCc4cccs4)nn23)ccc1O. The molecule has 0 unspecified atom stereocenters. The molecule has 0 saturated heterocycles. The van der Waals surface area contributed by atoms with Crippen molar-refractivity contribution in [1.29, 1.82) is 0 Å². The van der Waals surface area contributed by atoms with Gasteiger partial charge in [-0.25, -0.2) is 9.50 Å². The first-order valence-electron chi connectivity index (χ1n) is 7.23. The van der Waals surface area contributed by atoms with Gasteiger partial charge in [-0.15, -0.1) is 16.4 Å². The van der Waals surface area contributed by atoms with Crippen molar-refractivity contribution >= 4 is 32.8 Å². The number of phenolic OH excluding ortho intramolecular Hbond substituents is 1. The molecule has 0 atom stereocenters. The van der Waals surface area contributed by atoms with Crippen LogP contribution in [0.5, 0.6) is 11.5 Å². The minimum absolute atomic E-state index is 0.110. The van der Waals surface area contributed by atoms with E-state index in [0.29, 0.717) is 5.75 Å². The zero-order chi connectivity index (χ0) is 16.5. The number of hydrogen-bond acceptors (Lipinski definition) is 7. The number of thiophene rings is 1. The molecule has 0 aliphatic carbocycles. The number of aromatic nitrogens is 3. The van der Waals surface area contributed by atoms with Crippen molar-refractivity contribution in [2.24, 2.45) is 0 Å². The molecule has 2 N–H and O–H groups in total. The van der Waals surface area contributed by atoms with Crippen LogP contribution in [0.1, 0.15) is 4.88 Å². The highest BCUT2D eigenvalue weighted by Crippen LogP contribution is 2.33. The van der Waals surface area contributed by atoms with Crippen LogP contribution in [0.25, 0.3) is 16.2 Å². The number of rotatable bonds is 5. The van der Waals surface area contributed by atoms with Gasteiger partial charge >= 0.3 is 0 Å². The van der Waals surface area contributed by atoms with E-state index in [4.69, 9.17) is 4.74 Å². The topological polar surface area (TPSA) is 71.7 Å². The van der Waals surface area contributed by atoms with Crippen LogP contribution in [0.4, 0.5) is 5.13 Å². The second-order valence-electron chi connectivity index (χ2n) is 5.06. The summed E-state index contributed by atoms with van der Waals surface area (Å²) in [5.74, 6) is 0.535. The molecule has 0 aliphatic heterocycles. The van der Waals surface area contributed by atoms with Gasteiger partial charge in [-0.2, -0.15) is 0 Å². The molecule has 0 radical (unpaired) electrons. The number of nitrogens with one attached hydrogen (secondary N) is 1. The van der Waals surface area contributed by atoms with Crippen molar-refractivity contribution in [1.82, 2.24) is 14.6 Å². The molecule has 24 heavy (non-hydrogen) atoms. The fraction of sp³-hybridized carbons (Fsp3) is 0.125. The number of phenols is 1. The summed E-state index contributed by atoms with van der Waals surface area (Å²) in [7, 11) is 1.53. The molecule has 4 rings (SSSR count). The molecule has 4 aromatic rings. The molecular formula is C16H14N4O2S2. The number of fused-ring (bicyclic) bond motifs is 1. The van der Waals surface area contributed by atoms with Gasteiger partial charge in [0.25, 0.3) is 0 Å². The van der Waals surface area contributed by atoms with E-state index in [1.807, 2.05) is 12.1 Å². The van der Waals surface area contributed by atoms with Crippen LogP contribution in [-0.4, -0.2) is 26.8 Å². The molecule has 0 aliphatic rings. The average molecular weight is 358 g/mol. The van der Waals surface area contributed by atoms with Gasteiger partial charge in [-0.1, -0.05) is 17.4 Å². The maximum atomic E-state index is 9.74. The van der Waals surface area contributed by atoms with Gasteiger partial charge in [0.15, 0.2) is 11.5 Å². The first-order valence-corrected chi connectivity index (χ1v) is 8.92. The molecule has 8 heteroatoms. The lowest BCUT2D eigenvalue weighted by molar-refractivity contribution is 0.373. The fourth-order valence-corrected chi connectivity index (χ4v) is 3.79. The van der Waals surface area contributed by atoms with E-state index >= 15 is 0 Å². The number of aromatic hydroxyl groups is 1. The Labute approximate surface area is 146 Å². The van der Waals surface area contributed by atoms with Gasteiger partial charge < -0.3 is 15.2 Å². The molecule has 0 saturated carbocycles. The summed E-state index contributed by atoms with van der Waals surface area (Å²) < 4.78 is 6.97. The summed E-state index contributed by atoms with van der Waals surface area (Å²) in [5.41, 5.74) is 1.73. The summed E-state index contributed by atoms with van der Waals surface area (Å²) in [6.07, 6.45) is 1.77. The standard InChI is InChI=1S/C16H14N4O2S2/c1-22-14-7-10(4-5-13(14)21)12-9-18-16-20(12)19-15(24-16)17-8-11-3-2-6-23-11/h2-7,9,21H,8H2,1H3,(H,17,19). The van der Waals surface area contributed by atoms with Crippen molar-refractivity contribution in [2.75, 3.05) is 12.4 Å². The Morgan fingerprint density at radius 2 is 2.25 bits per heavy atom. The number of nitrogens with zero attached hydrogens (tertiary/aromatic N) is 3. The fourth-order valence-electron chi connectivity index (χ4n) is 2.37. The Morgan fingerprint density at radius 1 is 1.33 bits per heavy atom. The van der Waals surface area contributed by atoms with Crippen LogP contribution < -0.4 is 10.1 Å². The molecule has 0 fully saturated rings. The lowest BCUT2D eigenvalue weighted by atomic mass is 10.1. The van der Waals surface area contributed by atoms with Crippen LogP contribution >= 0.6 is 22.7 Å². The minimum atomic E-state index is 0.110. The zero-order valence-corrected chi connectivity index (χ0v) is 14.4. The van der Waals surface area contributed by atoms with Crippen molar-refractivity contribution in [3.8, 4) is 22.8 Å². The summed E-state index contributed by atoms with van der Waals surface area (Å²) >= 11 is 3.21. The molecule has 0 spiro atoms. The predicted octanol–water partition coefficient (Wildman–Crippen LogP) is 3.85. The number of methoxy groups -OCH3 is 1. The van der Waals surface area contributed by atoms with Gasteiger partial charge in [-0.3, -0.25) is 0 Å². The quantitative estimate of drug-likeness (QED) is 0.567. The summed E-state index contributed by atoms with van der Waals surface area (Å²) in [5, 5.41) is 20.5. The predicted molar refractivity (Wildman–Crippen MR) is 96.2 cm³/mol. The Bertz CT molecular complexity index is 975. The van der Waals surface area contributed by atoms with Gasteiger partial charge in [0, 0.05) is 10.4 Å². The molecule has 6 nitrogen and oxygen atoms in total. The molecule has 1 aromatic carbocycles. The monoisotopic (exact) mass is 358 g/mol. The van der Waals surface area contributed by atoms with Crippen LogP contribution in [0.2, 0.25) is 0 Å². The number of benzene rings is 1. The summed E-state index contributed by atoms with van der Waals surface area (Å²) in [6.45, 7) is 0.747. The summed E-state index contributed by atoms with van der Waals surface area (Å²) in [4.78, 5) is 6.48. The van der Waals surface area contributed by atoms with E-state index in [9.17, 15) is 5.11 Å². The Kier molecular flexibility index (Phi) is 3.83. The summed E-state index contributed by atoms with van der Waals surface area (Å²) in [6, 6.07) is 9.32. The van der Waals surface area contributed by atoms with Gasteiger partial charge in [0.2, 0.25) is 10.1 Å². The molecule has 3 heterocycles. The third-order valence-corrected chi connectivity index (χ3v) is 5.31. The molecule has 0 bridgehead atoms. The molecule has 0 amide bonds. The van der Waals surface area contributed by atoms with Crippen LogP contribution in [0.15, 0.2) is 41.9 Å². The normalized spacial score (nSPS) is 11.0. The second-order valence-corrected chi connectivity index (χ2v) is 7.05. The van der Waals surface area contributed by atoms with E-state index < -0.39 is 0 Å². The highest BCUT2D eigenvalue weighted by molar-refractivity contribution is 7.20. The highest BCUT2D eigenvalue weighted by atomic mass is 32.1. The Balaban J connectivity index is 1.64. The van der Waals surface area contributed by atoms with Crippen LogP contribution in [-0.2, 0) is 6.54 Å². The average Bonchev–Trinajstić information content (AvgIpc) is 3.30. The first kappa shape index (κ1) is 15.0. The zero-order valence-electron chi connectivity index (χ0n) is 12.8. The Hall–Kier alpha value is -2.58. The Morgan fingerprint density at radius 3 is 3.04 bits per heavy atom. The number of imidazole rings is 1. The smallest absolute Gasteiger partial charge is 0.214 e. The van der Waals surface area contributed by atoms with Gasteiger partial charge in [-0.05, 0) is 29.6 Å². The van der Waals surface area contributed by atoms with Crippen molar-refractivity contribution in [3.63, 3.8) is 0 Å². The van der Waals surface area contributed by atoms with E-state index in [2.05, 4.69) is 26.8 Å². The van der Waals surface area contributed by atoms with Crippen LogP contribution in [0, 0.1) is 0 Å². The highest BCUT2D eigenvalue weighted by Gasteiger charge is 2.13. The maximum Gasteiger partial charge on any atom is 0.214 e. The first-order chi connectivity index (χ1) is 11.7. The lowest BCUT2D eigenvalue weighted by Gasteiger charge is -2.05. The third kappa shape index (κ3) is 2.70. The number of ether oxygens (including phenoxy) is 1. The maximum absolute atomic E-state index is 9.74. The van der Waals surface area contributed by atoms with E-state index in [-0.39, 0.29) is 5.75 Å². The second kappa shape index (κ2) is 6.14. The minimum Gasteiger partial charge on any atom is -0.504 e. The lowest BCUT2D eigenvalue weighted by Crippen LogP contribution is -1.98. The van der Waals surface area contributed by atoms with Crippen molar-refractivity contribution < 1.29 is 9.84 Å². The number of hydrogen-bond donors (Lipinski definition) is 2. The third-order valence-electron chi connectivity index (χ3n) is 3.55. The van der Waals surface area contributed by atoms with Gasteiger partial charge in [0.1, 0.15) is 0 Å². The number of anilines is 1. The van der Waals surface area contributed by atoms with E-state index in [1.165, 1.54) is 23.3 Å². The molecular weight excluding hydrogens is 344 g/mol. The molecule has 122 valence electrons. The van der Waals surface area contributed by atoms with E-state index in [0.717, 1.165) is 27.9 Å². The van der Waals surface area contributed by atoms with E-state index in [1.54, 1.807) is 34.2 Å². The largest absolute Gasteiger partial charge is 0.504 e. The van der Waals surface area contributed by atoms with Crippen molar-refractivity contribution in [3.05, 3.63) is 46.8 Å². The van der Waals surface area contributed by atoms with Crippen LogP contribution in [0.3, 0.4) is 0 Å². The molecule has 3 aromatic heterocycles. The van der Waals surface area contributed by atoms with Crippen molar-refractivity contribution in [2.45, 2.75) is 6.54 Å². The van der Waals surface area contributed by atoms with Gasteiger partial charge in [0.05, 0.1) is 25.5 Å².